The monoisotopic (exact) mass is 266 g/mol. The first-order valence-electron chi connectivity index (χ1n) is 6.29. The third kappa shape index (κ3) is 5.18. The first-order valence-corrected chi connectivity index (χ1v) is 6.29. The van der Waals surface area contributed by atoms with Crippen LogP contribution in [-0.2, 0) is 11.3 Å². The summed E-state index contributed by atoms with van der Waals surface area (Å²) in [5.74, 6) is 0.627. The van der Waals surface area contributed by atoms with E-state index in [0.29, 0.717) is 18.2 Å². The van der Waals surface area contributed by atoms with E-state index in [0.717, 1.165) is 12.1 Å². The van der Waals surface area contributed by atoms with Crippen LogP contribution in [0.15, 0.2) is 18.2 Å². The van der Waals surface area contributed by atoms with Crippen molar-refractivity contribution < 1.29 is 14.6 Å². The topological polar surface area (TPSA) is 75.8 Å². The molecule has 106 valence electrons. The maximum absolute atomic E-state index is 11.1. The molecule has 0 aliphatic heterocycles. The smallest absolute Gasteiger partial charge is 0.231 e. The molecule has 3 N–H and O–H groups in total. The molecular weight excluding hydrogens is 244 g/mol. The lowest BCUT2D eigenvalue weighted by molar-refractivity contribution is -0.119. The van der Waals surface area contributed by atoms with Gasteiger partial charge in [-0.25, -0.2) is 0 Å². The second-order valence-corrected chi connectivity index (χ2v) is 5.04. The zero-order valence-corrected chi connectivity index (χ0v) is 11.7. The second kappa shape index (κ2) is 6.99. The number of hydrogen-bond donors (Lipinski definition) is 2. The molecule has 0 unspecified atom stereocenters. The number of ether oxygens (including phenoxy) is 1. The highest BCUT2D eigenvalue weighted by Gasteiger charge is 2.12. The molecule has 0 atom stereocenters. The molecule has 0 heterocycles. The number of amides is 1. The van der Waals surface area contributed by atoms with Crippen molar-refractivity contribution in [3.05, 3.63) is 23.8 Å². The first kappa shape index (κ1) is 15.3. The molecule has 0 aromatic heterocycles. The molecule has 5 heteroatoms. The van der Waals surface area contributed by atoms with Gasteiger partial charge in [0.05, 0.1) is 13.7 Å². The van der Waals surface area contributed by atoms with E-state index in [2.05, 4.69) is 13.8 Å². The normalized spacial score (nSPS) is 11.0. The Morgan fingerprint density at radius 1 is 1.47 bits per heavy atom. The van der Waals surface area contributed by atoms with Crippen molar-refractivity contribution in [3.8, 4) is 11.5 Å². The van der Waals surface area contributed by atoms with E-state index in [-0.39, 0.29) is 18.2 Å². The molecule has 0 radical (unpaired) electrons. The summed E-state index contributed by atoms with van der Waals surface area (Å²) in [7, 11) is 1.51. The van der Waals surface area contributed by atoms with Crippen LogP contribution in [-0.4, -0.2) is 36.1 Å². The fraction of sp³-hybridized carbons (Fsp3) is 0.500. The summed E-state index contributed by atoms with van der Waals surface area (Å²) in [6.45, 7) is 5.72. The number of hydrogen-bond acceptors (Lipinski definition) is 4. The van der Waals surface area contributed by atoms with Gasteiger partial charge in [-0.1, -0.05) is 19.9 Å². The van der Waals surface area contributed by atoms with Crippen molar-refractivity contribution >= 4 is 5.91 Å². The van der Waals surface area contributed by atoms with Crippen LogP contribution in [0, 0.1) is 5.92 Å². The van der Waals surface area contributed by atoms with Gasteiger partial charge in [-0.05, 0) is 23.6 Å². The van der Waals surface area contributed by atoms with E-state index in [1.54, 1.807) is 12.1 Å². The molecule has 19 heavy (non-hydrogen) atoms. The van der Waals surface area contributed by atoms with Gasteiger partial charge in [-0.2, -0.15) is 0 Å². The summed E-state index contributed by atoms with van der Waals surface area (Å²) in [4.78, 5) is 13.0. The van der Waals surface area contributed by atoms with E-state index in [1.807, 2.05) is 11.0 Å². The summed E-state index contributed by atoms with van der Waals surface area (Å²) in [6.07, 6.45) is 0. The predicted octanol–water partition coefficient (Wildman–Crippen LogP) is 1.34. The summed E-state index contributed by atoms with van der Waals surface area (Å²) < 4.78 is 5.00. The quantitative estimate of drug-likeness (QED) is 0.781. The minimum absolute atomic E-state index is 0.101. The molecule has 0 aliphatic rings. The lowest BCUT2D eigenvalue weighted by Crippen LogP contribution is -2.35. The zero-order valence-electron chi connectivity index (χ0n) is 11.7. The van der Waals surface area contributed by atoms with Gasteiger partial charge in [0.25, 0.3) is 0 Å². The highest BCUT2D eigenvalue weighted by atomic mass is 16.5. The Morgan fingerprint density at radius 2 is 2.16 bits per heavy atom. The van der Waals surface area contributed by atoms with Crippen molar-refractivity contribution in [2.75, 3.05) is 20.2 Å². The molecule has 1 aromatic rings. The van der Waals surface area contributed by atoms with E-state index >= 15 is 0 Å². The van der Waals surface area contributed by atoms with Gasteiger partial charge in [0.15, 0.2) is 11.5 Å². The highest BCUT2D eigenvalue weighted by molar-refractivity contribution is 5.75. The lowest BCUT2D eigenvalue weighted by Gasteiger charge is -2.23. The van der Waals surface area contributed by atoms with Crippen LogP contribution in [0.2, 0.25) is 0 Å². The van der Waals surface area contributed by atoms with Gasteiger partial charge in [-0.15, -0.1) is 0 Å². The van der Waals surface area contributed by atoms with Crippen molar-refractivity contribution in [1.29, 1.82) is 0 Å². The Kier molecular flexibility index (Phi) is 5.63. The van der Waals surface area contributed by atoms with Gasteiger partial charge < -0.3 is 15.6 Å². The summed E-state index contributed by atoms with van der Waals surface area (Å²) in [5.41, 5.74) is 6.17. The number of primary amides is 1. The molecule has 0 saturated heterocycles. The van der Waals surface area contributed by atoms with Gasteiger partial charge in [0.1, 0.15) is 0 Å². The Hall–Kier alpha value is -1.75. The Balaban J connectivity index is 2.77. The second-order valence-electron chi connectivity index (χ2n) is 5.04. The number of phenolic OH excluding ortho intramolecular Hbond substituents is 1. The number of rotatable bonds is 7. The molecule has 0 saturated carbocycles. The van der Waals surface area contributed by atoms with Crippen LogP contribution >= 0.6 is 0 Å². The van der Waals surface area contributed by atoms with Crippen LogP contribution in [0.4, 0.5) is 0 Å². The fourth-order valence-corrected chi connectivity index (χ4v) is 2.01. The van der Waals surface area contributed by atoms with Gasteiger partial charge >= 0.3 is 0 Å². The standard InChI is InChI=1S/C14H22N2O3/c1-10(2)7-16(9-14(15)18)8-11-4-5-13(19-3)12(17)6-11/h4-6,10,17H,7-9H2,1-3H3,(H2,15,18). The third-order valence-corrected chi connectivity index (χ3v) is 2.65. The van der Waals surface area contributed by atoms with Crippen LogP contribution in [0.3, 0.4) is 0 Å². The fourth-order valence-electron chi connectivity index (χ4n) is 2.01. The number of aromatic hydroxyl groups is 1. The van der Waals surface area contributed by atoms with E-state index in [1.165, 1.54) is 7.11 Å². The third-order valence-electron chi connectivity index (χ3n) is 2.65. The van der Waals surface area contributed by atoms with Crippen LogP contribution in [0.1, 0.15) is 19.4 Å². The van der Waals surface area contributed by atoms with Gasteiger partial charge in [-0.3, -0.25) is 9.69 Å². The molecule has 0 aliphatic carbocycles. The maximum atomic E-state index is 11.1. The molecule has 0 spiro atoms. The minimum Gasteiger partial charge on any atom is -0.504 e. The molecule has 0 bridgehead atoms. The molecule has 1 aromatic carbocycles. The predicted molar refractivity (Wildman–Crippen MR) is 74.0 cm³/mol. The molecule has 1 rings (SSSR count). The summed E-state index contributed by atoms with van der Waals surface area (Å²) >= 11 is 0. The maximum Gasteiger partial charge on any atom is 0.231 e. The SMILES string of the molecule is COc1ccc(CN(CC(N)=O)CC(C)C)cc1O. The summed E-state index contributed by atoms with van der Waals surface area (Å²) in [6, 6.07) is 5.22. The van der Waals surface area contributed by atoms with Crippen LogP contribution in [0.5, 0.6) is 11.5 Å². The Bertz CT molecular complexity index is 433. The van der Waals surface area contributed by atoms with E-state index in [4.69, 9.17) is 10.5 Å². The number of methoxy groups -OCH3 is 1. The van der Waals surface area contributed by atoms with Crippen LogP contribution in [0.25, 0.3) is 0 Å². The molecule has 1 amide bonds. The van der Waals surface area contributed by atoms with Crippen molar-refractivity contribution in [1.82, 2.24) is 4.90 Å². The van der Waals surface area contributed by atoms with Crippen molar-refractivity contribution in [2.24, 2.45) is 11.7 Å². The largest absolute Gasteiger partial charge is 0.504 e. The number of carbonyl (C=O) groups is 1. The molecular formula is C14H22N2O3. The number of nitrogens with zero attached hydrogens (tertiary/aromatic N) is 1. The molecule has 0 fully saturated rings. The zero-order chi connectivity index (χ0) is 14.4. The summed E-state index contributed by atoms with van der Waals surface area (Å²) in [5, 5.41) is 9.73. The van der Waals surface area contributed by atoms with Crippen molar-refractivity contribution in [2.45, 2.75) is 20.4 Å². The number of carbonyl (C=O) groups excluding carboxylic acids is 1. The number of benzene rings is 1. The Labute approximate surface area is 114 Å². The van der Waals surface area contributed by atoms with Gasteiger partial charge in [0, 0.05) is 13.1 Å². The Morgan fingerprint density at radius 3 is 2.63 bits per heavy atom. The van der Waals surface area contributed by atoms with E-state index < -0.39 is 0 Å². The number of phenols is 1. The first-order chi connectivity index (χ1) is 8.92. The lowest BCUT2D eigenvalue weighted by atomic mass is 10.1. The number of nitrogens with two attached hydrogens (primary N) is 1. The van der Waals surface area contributed by atoms with Crippen molar-refractivity contribution in [3.63, 3.8) is 0 Å². The molecule has 5 nitrogen and oxygen atoms in total. The average molecular weight is 266 g/mol. The highest BCUT2D eigenvalue weighted by Crippen LogP contribution is 2.26. The van der Waals surface area contributed by atoms with Gasteiger partial charge in [0.2, 0.25) is 5.91 Å². The minimum atomic E-state index is -0.349. The van der Waals surface area contributed by atoms with E-state index in [9.17, 15) is 9.90 Å². The van der Waals surface area contributed by atoms with Crippen LogP contribution < -0.4 is 10.5 Å². The average Bonchev–Trinajstić information content (AvgIpc) is 2.27.